The molecule has 1 aliphatic carbocycles. The van der Waals surface area contributed by atoms with Crippen molar-refractivity contribution in [1.82, 2.24) is 20.2 Å². The fraction of sp³-hybridized carbons (Fsp3) is 0.600. The average Bonchev–Trinajstić information content (AvgIpc) is 2.74. The predicted molar refractivity (Wildman–Crippen MR) is 129 cm³/mol. The van der Waals surface area contributed by atoms with Crippen molar-refractivity contribution in [2.24, 2.45) is 23.5 Å². The number of piperidine rings is 1. The van der Waals surface area contributed by atoms with Gasteiger partial charge in [-0.1, -0.05) is 32.9 Å². The Kier molecular flexibility index (Phi) is 6.72. The van der Waals surface area contributed by atoms with Gasteiger partial charge in [0, 0.05) is 17.5 Å². The highest BCUT2D eigenvalue weighted by Gasteiger charge is 2.40. The van der Waals surface area contributed by atoms with Crippen molar-refractivity contribution in [3.8, 4) is 0 Å². The number of hydrogen-bond acceptors (Lipinski definition) is 5. The van der Waals surface area contributed by atoms with Gasteiger partial charge in [-0.05, 0) is 62.5 Å². The molecule has 2 bridgehead atoms. The molecule has 2 aliphatic rings. The minimum Gasteiger partial charge on any atom is -0.368 e. The van der Waals surface area contributed by atoms with Crippen LogP contribution < -0.4 is 16.4 Å². The summed E-state index contributed by atoms with van der Waals surface area (Å²) in [6.45, 7) is 8.53. The van der Waals surface area contributed by atoms with E-state index in [0.29, 0.717) is 23.6 Å². The fourth-order valence-electron chi connectivity index (χ4n) is 5.72. The van der Waals surface area contributed by atoms with Crippen molar-refractivity contribution in [1.29, 1.82) is 0 Å². The molecular weight excluding hydrogens is 416 g/mol. The van der Waals surface area contributed by atoms with E-state index in [-0.39, 0.29) is 24.5 Å². The number of carbonyl (C=O) groups excluding carboxylic acids is 2. The molecule has 4 rings (SSSR count). The number of rotatable bonds is 6. The number of primary amides is 1. The lowest BCUT2D eigenvalue weighted by Gasteiger charge is -2.48. The largest absolute Gasteiger partial charge is 0.368 e. The number of nitrogens with zero attached hydrogens (tertiary/aromatic N) is 3. The van der Waals surface area contributed by atoms with E-state index in [1.165, 1.54) is 6.42 Å². The molecule has 4 N–H and O–H groups in total. The van der Waals surface area contributed by atoms with E-state index in [0.717, 1.165) is 36.1 Å². The number of amides is 3. The monoisotopic (exact) mass is 452 g/mol. The molecule has 0 spiro atoms. The lowest BCUT2D eigenvalue weighted by Crippen LogP contribution is -2.56. The van der Waals surface area contributed by atoms with Crippen LogP contribution in [-0.2, 0) is 11.3 Å². The molecule has 2 heterocycles. The summed E-state index contributed by atoms with van der Waals surface area (Å²) in [5, 5.41) is 7.07. The molecule has 5 atom stereocenters. The number of nitrogens with one attached hydrogen (secondary N) is 2. The van der Waals surface area contributed by atoms with Crippen LogP contribution in [-0.4, -0.2) is 44.9 Å². The van der Waals surface area contributed by atoms with Crippen molar-refractivity contribution < 1.29 is 9.59 Å². The highest BCUT2D eigenvalue weighted by Crippen LogP contribution is 2.40. The predicted octanol–water partition coefficient (Wildman–Crippen LogP) is 3.66. The van der Waals surface area contributed by atoms with Gasteiger partial charge in [0.2, 0.25) is 5.91 Å². The lowest BCUT2D eigenvalue weighted by atomic mass is 9.73. The van der Waals surface area contributed by atoms with Crippen molar-refractivity contribution in [3.05, 3.63) is 30.1 Å². The van der Waals surface area contributed by atoms with Crippen LogP contribution in [0, 0.1) is 17.8 Å². The molecule has 1 unspecified atom stereocenters. The molecular formula is C25H36N6O2. The summed E-state index contributed by atoms with van der Waals surface area (Å²) >= 11 is 0. The van der Waals surface area contributed by atoms with Gasteiger partial charge in [-0.25, -0.2) is 14.8 Å². The van der Waals surface area contributed by atoms with Gasteiger partial charge in [0.25, 0.3) is 0 Å². The standard InChI is InChI=1S/C25H36N6O2/c1-14(2)22(23(26)32)30-24-19-7-5-6-8-20(19)28-21(29-24)13-27-25(33)31-16(4)11-17-9-15(3)10-18(31)12-17/h5-8,14-18,22H,9-13H2,1-4H3,(H2,26,32)(H,27,33)(H,28,29,30)/t15-,16+,17?,18-,22+/m1/s1. The Morgan fingerprint density at radius 3 is 2.61 bits per heavy atom. The van der Waals surface area contributed by atoms with Gasteiger partial charge in [-0.2, -0.15) is 0 Å². The van der Waals surface area contributed by atoms with Crippen LogP contribution in [0.2, 0.25) is 0 Å². The normalized spacial score (nSPS) is 25.7. The number of hydrogen-bond donors (Lipinski definition) is 3. The molecule has 3 amide bonds. The van der Waals surface area contributed by atoms with Gasteiger partial charge < -0.3 is 21.3 Å². The van der Waals surface area contributed by atoms with E-state index in [9.17, 15) is 9.59 Å². The van der Waals surface area contributed by atoms with Crippen LogP contribution in [0.4, 0.5) is 10.6 Å². The smallest absolute Gasteiger partial charge is 0.318 e. The molecule has 1 saturated heterocycles. The van der Waals surface area contributed by atoms with E-state index in [4.69, 9.17) is 5.73 Å². The molecule has 33 heavy (non-hydrogen) atoms. The first-order chi connectivity index (χ1) is 15.7. The third kappa shape index (κ3) is 5.04. The Morgan fingerprint density at radius 1 is 1.12 bits per heavy atom. The van der Waals surface area contributed by atoms with Crippen LogP contribution in [0.25, 0.3) is 10.9 Å². The molecule has 8 heteroatoms. The molecule has 1 aliphatic heterocycles. The molecule has 1 aromatic heterocycles. The maximum atomic E-state index is 13.2. The van der Waals surface area contributed by atoms with Gasteiger partial charge in [0.05, 0.1) is 12.1 Å². The Bertz CT molecular complexity index is 1020. The minimum atomic E-state index is -0.554. The van der Waals surface area contributed by atoms with Gasteiger partial charge in [-0.15, -0.1) is 0 Å². The Hall–Kier alpha value is -2.90. The molecule has 1 saturated carbocycles. The number of carbonyl (C=O) groups is 2. The summed E-state index contributed by atoms with van der Waals surface area (Å²) in [5.74, 6) is 2.01. The van der Waals surface area contributed by atoms with Crippen molar-refractivity contribution in [2.75, 3.05) is 5.32 Å². The maximum Gasteiger partial charge on any atom is 0.318 e. The van der Waals surface area contributed by atoms with Gasteiger partial charge in [0.15, 0.2) is 5.82 Å². The molecule has 0 radical (unpaired) electrons. The Morgan fingerprint density at radius 2 is 1.88 bits per heavy atom. The third-order valence-electron chi connectivity index (χ3n) is 7.11. The minimum absolute atomic E-state index is 0.00156. The number of anilines is 1. The van der Waals surface area contributed by atoms with Crippen LogP contribution in [0.15, 0.2) is 24.3 Å². The van der Waals surface area contributed by atoms with Gasteiger partial charge >= 0.3 is 6.03 Å². The summed E-state index contributed by atoms with van der Waals surface area (Å²) in [5.41, 5.74) is 6.36. The van der Waals surface area contributed by atoms with Crippen molar-refractivity contribution in [3.63, 3.8) is 0 Å². The average molecular weight is 453 g/mol. The van der Waals surface area contributed by atoms with Crippen LogP contribution >= 0.6 is 0 Å². The number of urea groups is 1. The number of likely N-dealkylation sites (tertiary alicyclic amines) is 1. The lowest BCUT2D eigenvalue weighted by molar-refractivity contribution is -0.119. The second kappa shape index (κ2) is 9.53. The highest BCUT2D eigenvalue weighted by molar-refractivity contribution is 5.92. The number of para-hydroxylation sites is 1. The van der Waals surface area contributed by atoms with Crippen LogP contribution in [0.1, 0.15) is 59.2 Å². The van der Waals surface area contributed by atoms with E-state index in [1.807, 2.05) is 43.0 Å². The summed E-state index contributed by atoms with van der Waals surface area (Å²) < 4.78 is 0. The first kappa shape index (κ1) is 23.3. The number of aromatic nitrogens is 2. The summed E-state index contributed by atoms with van der Waals surface area (Å²) in [4.78, 5) is 36.5. The van der Waals surface area contributed by atoms with Gasteiger partial charge in [0.1, 0.15) is 11.9 Å². The first-order valence-electron chi connectivity index (χ1n) is 12.1. The molecule has 178 valence electrons. The topological polar surface area (TPSA) is 113 Å². The second-order valence-corrected chi connectivity index (χ2v) is 10.3. The quantitative estimate of drug-likeness (QED) is 0.619. The van der Waals surface area contributed by atoms with Gasteiger partial charge in [-0.3, -0.25) is 4.79 Å². The van der Waals surface area contributed by atoms with Crippen LogP contribution in [0.3, 0.4) is 0 Å². The number of fused-ring (bicyclic) bond motifs is 3. The maximum absolute atomic E-state index is 13.2. The third-order valence-corrected chi connectivity index (χ3v) is 7.11. The molecule has 1 aromatic carbocycles. The van der Waals surface area contributed by atoms with E-state index < -0.39 is 11.9 Å². The number of nitrogens with two attached hydrogens (primary N) is 1. The molecule has 2 aromatic rings. The zero-order chi connectivity index (χ0) is 23.7. The summed E-state index contributed by atoms with van der Waals surface area (Å²) in [7, 11) is 0. The molecule has 8 nitrogen and oxygen atoms in total. The van der Waals surface area contributed by atoms with E-state index in [1.54, 1.807) is 0 Å². The summed E-state index contributed by atoms with van der Waals surface area (Å²) in [6, 6.07) is 7.56. The molecule has 2 fully saturated rings. The zero-order valence-electron chi connectivity index (χ0n) is 20.0. The highest BCUT2D eigenvalue weighted by atomic mass is 16.2. The van der Waals surface area contributed by atoms with E-state index >= 15 is 0 Å². The Labute approximate surface area is 195 Å². The first-order valence-corrected chi connectivity index (χ1v) is 12.1. The second-order valence-electron chi connectivity index (χ2n) is 10.3. The zero-order valence-corrected chi connectivity index (χ0v) is 20.0. The number of benzene rings is 1. The van der Waals surface area contributed by atoms with Crippen molar-refractivity contribution >= 4 is 28.7 Å². The summed E-state index contributed by atoms with van der Waals surface area (Å²) in [6.07, 6.45) is 4.52. The Balaban J connectivity index is 1.53. The van der Waals surface area contributed by atoms with Crippen LogP contribution in [0.5, 0.6) is 0 Å². The van der Waals surface area contributed by atoms with Crippen molar-refractivity contribution in [2.45, 2.75) is 78.0 Å². The van der Waals surface area contributed by atoms with E-state index in [2.05, 4.69) is 34.4 Å². The SMILES string of the molecule is CC(C)[C@H](Nc1nc(CNC(=O)N2[C@H]3CC(C[C@@H](C)C3)C[C@@H]2C)nc2ccccc12)C(N)=O. The fourth-order valence-corrected chi connectivity index (χ4v) is 5.72.